The number of carbonyl (C=O) groups excluding carboxylic acids is 3. The van der Waals surface area contributed by atoms with E-state index in [-0.39, 0.29) is 42.8 Å². The topological polar surface area (TPSA) is 119 Å². The number of hydrogen-bond acceptors (Lipinski definition) is 8. The molecule has 0 radical (unpaired) electrons. The molecular formula is C25H30O8. The fraction of sp³-hybridized carbons (Fsp3) is 0.480. The van der Waals surface area contributed by atoms with Gasteiger partial charge < -0.3 is 24.4 Å². The van der Waals surface area contributed by atoms with Gasteiger partial charge in [-0.15, -0.1) is 0 Å². The molecule has 0 unspecified atom stereocenters. The summed E-state index contributed by atoms with van der Waals surface area (Å²) in [7, 11) is 0. The third-order valence-corrected chi connectivity index (χ3v) is 6.57. The number of rotatable bonds is 7. The number of hydrogen-bond donors (Lipinski definition) is 2. The molecule has 0 aromatic carbocycles. The number of allylic oxidation sites excluding steroid dienone is 1. The number of fused-ring (bicyclic) bond motifs is 3. The molecular weight excluding hydrogens is 428 g/mol. The molecule has 3 aliphatic rings. The fourth-order valence-corrected chi connectivity index (χ4v) is 4.76. The zero-order valence-corrected chi connectivity index (χ0v) is 18.9. The minimum absolute atomic E-state index is 0.0138. The van der Waals surface area contributed by atoms with Gasteiger partial charge in [-0.25, -0.2) is 14.4 Å². The number of aliphatic hydroxyl groups excluding tert-OH is 2. The van der Waals surface area contributed by atoms with Crippen LogP contribution in [-0.2, 0) is 28.6 Å². The van der Waals surface area contributed by atoms with Gasteiger partial charge in [-0.2, -0.15) is 0 Å². The second kappa shape index (κ2) is 10.3. The summed E-state index contributed by atoms with van der Waals surface area (Å²) >= 11 is 0. The highest BCUT2D eigenvalue weighted by atomic mass is 16.6. The Balaban J connectivity index is 1.85. The molecule has 8 heteroatoms. The molecule has 2 aliphatic carbocycles. The van der Waals surface area contributed by atoms with E-state index in [0.717, 1.165) is 11.1 Å². The Bertz CT molecular complexity index is 953. The number of carbonyl (C=O) groups is 3. The van der Waals surface area contributed by atoms with Crippen molar-refractivity contribution in [2.45, 2.75) is 38.9 Å². The maximum absolute atomic E-state index is 12.5. The molecule has 1 heterocycles. The first-order valence-corrected chi connectivity index (χ1v) is 10.9. The molecule has 0 spiro atoms. The van der Waals surface area contributed by atoms with Crippen LogP contribution in [0.4, 0.5) is 0 Å². The molecule has 1 saturated heterocycles. The number of esters is 3. The molecule has 1 saturated carbocycles. The quantitative estimate of drug-likeness (QED) is 0.257. The lowest BCUT2D eigenvalue weighted by atomic mass is 9.80. The van der Waals surface area contributed by atoms with Crippen LogP contribution in [0, 0.1) is 17.8 Å². The van der Waals surface area contributed by atoms with Gasteiger partial charge in [-0.1, -0.05) is 24.8 Å². The summed E-state index contributed by atoms with van der Waals surface area (Å²) in [5.74, 6) is -2.57. The molecule has 1 aliphatic heterocycles. The van der Waals surface area contributed by atoms with Gasteiger partial charge in [0.1, 0.15) is 18.8 Å². The maximum atomic E-state index is 12.5. The molecule has 33 heavy (non-hydrogen) atoms. The van der Waals surface area contributed by atoms with Crippen LogP contribution < -0.4 is 0 Å². The van der Waals surface area contributed by atoms with E-state index in [9.17, 15) is 14.4 Å². The van der Waals surface area contributed by atoms with Crippen molar-refractivity contribution in [2.75, 3.05) is 19.8 Å². The monoisotopic (exact) mass is 458 g/mol. The predicted octanol–water partition coefficient (Wildman–Crippen LogP) is 1.94. The van der Waals surface area contributed by atoms with Gasteiger partial charge >= 0.3 is 17.9 Å². The van der Waals surface area contributed by atoms with Crippen molar-refractivity contribution in [3.05, 3.63) is 59.3 Å². The van der Waals surface area contributed by atoms with Gasteiger partial charge in [0, 0.05) is 29.1 Å². The summed E-state index contributed by atoms with van der Waals surface area (Å²) in [6.45, 7) is 10.7. The van der Waals surface area contributed by atoms with Gasteiger partial charge in [0.15, 0.2) is 0 Å². The van der Waals surface area contributed by atoms with E-state index in [0.29, 0.717) is 18.4 Å². The van der Waals surface area contributed by atoms with Crippen LogP contribution in [0.5, 0.6) is 0 Å². The van der Waals surface area contributed by atoms with E-state index >= 15 is 0 Å². The smallest absolute Gasteiger partial charge is 0.334 e. The molecule has 0 amide bonds. The molecule has 0 bridgehead atoms. The first-order valence-electron chi connectivity index (χ1n) is 10.9. The van der Waals surface area contributed by atoms with Crippen LogP contribution in [0.1, 0.15) is 26.7 Å². The molecule has 0 aromatic heterocycles. The van der Waals surface area contributed by atoms with Gasteiger partial charge in [-0.3, -0.25) is 0 Å². The Labute approximate surface area is 192 Å². The van der Waals surface area contributed by atoms with E-state index in [1.54, 1.807) is 13.8 Å². The fourth-order valence-electron chi connectivity index (χ4n) is 4.76. The van der Waals surface area contributed by atoms with Crippen molar-refractivity contribution >= 4 is 17.9 Å². The first-order chi connectivity index (χ1) is 15.7. The summed E-state index contributed by atoms with van der Waals surface area (Å²) < 4.78 is 16.9. The van der Waals surface area contributed by atoms with E-state index in [1.807, 2.05) is 6.08 Å². The van der Waals surface area contributed by atoms with Crippen LogP contribution in [0.3, 0.4) is 0 Å². The zero-order valence-electron chi connectivity index (χ0n) is 18.9. The van der Waals surface area contributed by atoms with Gasteiger partial charge in [0.2, 0.25) is 0 Å². The van der Waals surface area contributed by atoms with Crippen molar-refractivity contribution in [1.82, 2.24) is 0 Å². The van der Waals surface area contributed by atoms with Gasteiger partial charge in [0.25, 0.3) is 0 Å². The molecule has 8 nitrogen and oxygen atoms in total. The lowest BCUT2D eigenvalue weighted by molar-refractivity contribution is -0.148. The normalized spacial score (nSPS) is 29.6. The third kappa shape index (κ3) is 5.02. The second-order valence-corrected chi connectivity index (χ2v) is 8.59. The summed E-state index contributed by atoms with van der Waals surface area (Å²) in [5.41, 5.74) is 2.47. The van der Waals surface area contributed by atoms with Crippen LogP contribution >= 0.6 is 0 Å². The van der Waals surface area contributed by atoms with Gasteiger partial charge in [0.05, 0.1) is 19.1 Å². The summed E-state index contributed by atoms with van der Waals surface area (Å²) in [4.78, 5) is 37.2. The highest BCUT2D eigenvalue weighted by Crippen LogP contribution is 2.51. The van der Waals surface area contributed by atoms with Crippen molar-refractivity contribution in [1.29, 1.82) is 0 Å². The largest absolute Gasteiger partial charge is 0.458 e. The van der Waals surface area contributed by atoms with E-state index in [2.05, 4.69) is 13.2 Å². The van der Waals surface area contributed by atoms with Crippen LogP contribution in [0.25, 0.3) is 0 Å². The predicted molar refractivity (Wildman–Crippen MR) is 118 cm³/mol. The highest BCUT2D eigenvalue weighted by Gasteiger charge is 2.55. The second-order valence-electron chi connectivity index (χ2n) is 8.59. The van der Waals surface area contributed by atoms with E-state index in [1.165, 1.54) is 12.2 Å². The summed E-state index contributed by atoms with van der Waals surface area (Å²) in [5, 5.41) is 18.0. The minimum Gasteiger partial charge on any atom is -0.458 e. The van der Waals surface area contributed by atoms with Gasteiger partial charge in [-0.05, 0) is 43.9 Å². The Morgan fingerprint density at radius 1 is 1.12 bits per heavy atom. The van der Waals surface area contributed by atoms with Crippen molar-refractivity contribution in [3.8, 4) is 0 Å². The summed E-state index contributed by atoms with van der Waals surface area (Å²) in [6.07, 6.45) is 4.36. The molecule has 2 fully saturated rings. The SMILES string of the molecule is C=C1C(=O)O[C@@H]2[C@H]3C(COC(=O)/C(C)=C\CO)=CC[C@@H]3C(=C)C[C@H](OC(=O)/C(C)=C/CO)[C@@H]12. The molecule has 0 aromatic rings. The van der Waals surface area contributed by atoms with Crippen molar-refractivity contribution in [2.24, 2.45) is 17.8 Å². The average Bonchev–Trinajstić information content (AvgIpc) is 3.29. The minimum atomic E-state index is -0.694. The average molecular weight is 459 g/mol. The Kier molecular flexibility index (Phi) is 7.71. The summed E-state index contributed by atoms with van der Waals surface area (Å²) in [6, 6.07) is 0. The maximum Gasteiger partial charge on any atom is 0.334 e. The molecule has 5 atom stereocenters. The number of aliphatic hydroxyl groups is 2. The third-order valence-electron chi connectivity index (χ3n) is 6.57. The van der Waals surface area contributed by atoms with Crippen molar-refractivity contribution in [3.63, 3.8) is 0 Å². The number of ether oxygens (including phenoxy) is 3. The standard InChI is InChI=1S/C25H30O8/c1-13(7-9-26)23(28)31-12-17-5-6-18-15(3)11-19(32-24(29)14(2)8-10-27)20-16(4)25(30)33-22(20)21(17)18/h5,7-8,18-22,26-27H,3-4,6,9-12H2,1-2H3/b13-7-,14-8+/t18-,19+,20-,21+,22+/m1/s1. The Hall–Kier alpha value is -2.97. The van der Waals surface area contributed by atoms with E-state index < -0.39 is 36.0 Å². The molecule has 3 rings (SSSR count). The van der Waals surface area contributed by atoms with Crippen LogP contribution in [0.2, 0.25) is 0 Å². The first kappa shape index (κ1) is 24.7. The van der Waals surface area contributed by atoms with Crippen LogP contribution in [0.15, 0.2) is 59.3 Å². The molecule has 2 N–H and O–H groups in total. The lowest BCUT2D eigenvalue weighted by Crippen LogP contribution is -2.37. The zero-order chi connectivity index (χ0) is 24.3. The van der Waals surface area contributed by atoms with Crippen LogP contribution in [-0.4, -0.2) is 60.1 Å². The highest BCUT2D eigenvalue weighted by molar-refractivity contribution is 5.92. The molecule has 178 valence electrons. The Morgan fingerprint density at radius 2 is 1.76 bits per heavy atom. The van der Waals surface area contributed by atoms with E-state index in [4.69, 9.17) is 24.4 Å². The van der Waals surface area contributed by atoms with Crippen molar-refractivity contribution < 1.29 is 38.8 Å². The lowest BCUT2D eigenvalue weighted by Gasteiger charge is -2.29. The Morgan fingerprint density at radius 3 is 2.39 bits per heavy atom.